The van der Waals surface area contributed by atoms with Gasteiger partial charge < -0.3 is 29.4 Å². The summed E-state index contributed by atoms with van der Waals surface area (Å²) < 4.78 is 53.8. The Balaban J connectivity index is 1.25. The Labute approximate surface area is 276 Å². The largest absolute Gasteiger partial charge is 0.504 e. The van der Waals surface area contributed by atoms with Crippen molar-refractivity contribution in [3.8, 4) is 5.75 Å². The van der Waals surface area contributed by atoms with Gasteiger partial charge in [0.2, 0.25) is 11.7 Å². The number of hydrogen-bond acceptors (Lipinski definition) is 10. The predicted molar refractivity (Wildman–Crippen MR) is 166 cm³/mol. The van der Waals surface area contributed by atoms with Crippen molar-refractivity contribution in [3.05, 3.63) is 81.1 Å². The van der Waals surface area contributed by atoms with Gasteiger partial charge in [-0.25, -0.2) is 9.97 Å². The first-order chi connectivity index (χ1) is 23.4. The summed E-state index contributed by atoms with van der Waals surface area (Å²) in [5, 5.41) is 17.6. The van der Waals surface area contributed by atoms with Gasteiger partial charge in [-0.1, -0.05) is 6.08 Å². The number of benzene rings is 1. The molecule has 4 aromatic rings. The lowest BCUT2D eigenvalue weighted by atomic mass is 9.81. The molecule has 1 fully saturated rings. The number of hydrogen-bond donors (Lipinski definition) is 2. The van der Waals surface area contributed by atoms with Crippen LogP contribution in [0.25, 0.3) is 11.4 Å². The van der Waals surface area contributed by atoms with E-state index in [0.717, 1.165) is 22.2 Å². The minimum Gasteiger partial charge on any atom is -0.504 e. The molecule has 7 rings (SSSR count). The number of aryl methyl sites for hydroxylation is 1. The summed E-state index contributed by atoms with van der Waals surface area (Å²) in [6.45, 7) is 2.64. The van der Waals surface area contributed by atoms with Crippen LogP contribution in [0.3, 0.4) is 0 Å². The Kier molecular flexibility index (Phi) is 8.18. The third kappa shape index (κ3) is 5.92. The van der Waals surface area contributed by atoms with Gasteiger partial charge in [0.1, 0.15) is 18.5 Å². The monoisotopic (exact) mass is 680 g/mol. The van der Waals surface area contributed by atoms with Gasteiger partial charge in [0, 0.05) is 30.9 Å². The van der Waals surface area contributed by atoms with Crippen molar-refractivity contribution in [1.82, 2.24) is 34.0 Å². The molecule has 0 saturated carbocycles. The van der Waals surface area contributed by atoms with Crippen LogP contribution in [-0.4, -0.2) is 83.9 Å². The lowest BCUT2D eigenvalue weighted by Gasteiger charge is -2.44. The second kappa shape index (κ2) is 12.4. The standard InChI is InChI=1S/C32H31F3N8O6/c1-18-26(45)25(37-17-36-18)29(47)41-11-9-31(10-12-41)24-22(8-15-49-31)42(16-23(44)38-21-4-2-20(3-5-21)32(33,34)35)30-39-27(40-43(30)28(24)46)19-6-13-48-14-7-19/h2-6,17,45H,7-16H2,1H3,(H,38,44). The molecule has 0 atom stereocenters. The van der Waals surface area contributed by atoms with Crippen molar-refractivity contribution in [2.24, 2.45) is 0 Å². The molecule has 3 aromatic heterocycles. The minimum atomic E-state index is -4.52. The minimum absolute atomic E-state index is 0.117. The molecule has 49 heavy (non-hydrogen) atoms. The summed E-state index contributed by atoms with van der Waals surface area (Å²) in [6, 6.07) is 4.11. The summed E-state index contributed by atoms with van der Waals surface area (Å²) >= 11 is 0. The predicted octanol–water partition coefficient (Wildman–Crippen LogP) is 2.86. The van der Waals surface area contributed by atoms with Crippen LogP contribution in [-0.2, 0) is 39.0 Å². The molecule has 0 radical (unpaired) electrons. The van der Waals surface area contributed by atoms with E-state index in [9.17, 15) is 32.7 Å². The van der Waals surface area contributed by atoms with E-state index in [1.807, 2.05) is 6.08 Å². The summed E-state index contributed by atoms with van der Waals surface area (Å²) in [5.41, 5.74) is -0.486. The summed E-state index contributed by atoms with van der Waals surface area (Å²) in [7, 11) is 0. The molecule has 14 nitrogen and oxygen atoms in total. The van der Waals surface area contributed by atoms with Crippen molar-refractivity contribution in [3.63, 3.8) is 0 Å². The number of ether oxygens (including phenoxy) is 2. The van der Waals surface area contributed by atoms with E-state index in [-0.39, 0.29) is 74.1 Å². The SMILES string of the molecule is Cc1ncnc(C(=O)N2CCC3(CC2)OCCc2c3c(=O)n3nc(C4=CCOCC4)nc3n2CC(=O)Nc2ccc(C(F)(F)F)cc2)c1O. The highest BCUT2D eigenvalue weighted by molar-refractivity contribution is 5.95. The van der Waals surface area contributed by atoms with Gasteiger partial charge in [0.05, 0.1) is 36.6 Å². The Morgan fingerprint density at radius 3 is 2.53 bits per heavy atom. The number of aromatic nitrogens is 6. The average Bonchev–Trinajstić information content (AvgIpc) is 3.54. The lowest BCUT2D eigenvalue weighted by molar-refractivity contribution is -0.137. The highest BCUT2D eigenvalue weighted by Crippen LogP contribution is 2.41. The first kappa shape index (κ1) is 32.4. The van der Waals surface area contributed by atoms with Crippen LogP contribution >= 0.6 is 0 Å². The van der Waals surface area contributed by atoms with E-state index in [0.29, 0.717) is 36.7 Å². The zero-order valence-electron chi connectivity index (χ0n) is 26.3. The number of anilines is 1. The normalized spacial score (nSPS) is 17.6. The molecule has 6 heterocycles. The topological polar surface area (TPSA) is 166 Å². The van der Waals surface area contributed by atoms with Gasteiger partial charge in [-0.2, -0.15) is 22.7 Å². The van der Waals surface area contributed by atoms with Gasteiger partial charge >= 0.3 is 6.18 Å². The molecular weight excluding hydrogens is 649 g/mol. The summed E-state index contributed by atoms with van der Waals surface area (Å²) in [5.74, 6) is -0.882. The number of rotatable bonds is 5. The number of alkyl halides is 3. The fourth-order valence-electron chi connectivity index (χ4n) is 6.59. The van der Waals surface area contributed by atoms with Gasteiger partial charge in [-0.3, -0.25) is 14.4 Å². The molecule has 1 spiro atoms. The number of halogens is 3. The maximum absolute atomic E-state index is 14.3. The second-order valence-electron chi connectivity index (χ2n) is 12.1. The van der Waals surface area contributed by atoms with Crippen molar-refractivity contribution >= 4 is 28.9 Å². The van der Waals surface area contributed by atoms with Gasteiger partial charge in [-0.15, -0.1) is 5.10 Å². The van der Waals surface area contributed by atoms with E-state index in [2.05, 4.69) is 25.4 Å². The van der Waals surface area contributed by atoms with Crippen LogP contribution in [0.15, 0.2) is 41.5 Å². The molecule has 0 bridgehead atoms. The molecule has 3 aliphatic rings. The summed E-state index contributed by atoms with van der Waals surface area (Å²) in [4.78, 5) is 55.1. The number of carbonyl (C=O) groups is 2. The van der Waals surface area contributed by atoms with Crippen molar-refractivity contribution < 1.29 is 37.3 Å². The Bertz CT molecular complexity index is 2050. The molecule has 0 aliphatic carbocycles. The quantitative estimate of drug-likeness (QED) is 0.320. The number of fused-ring (bicyclic) bond motifs is 3. The van der Waals surface area contributed by atoms with Crippen LogP contribution < -0.4 is 10.9 Å². The fourth-order valence-corrected chi connectivity index (χ4v) is 6.59. The number of likely N-dealkylation sites (tertiary alicyclic amines) is 1. The van der Waals surface area contributed by atoms with E-state index >= 15 is 0 Å². The Morgan fingerprint density at radius 1 is 1.08 bits per heavy atom. The molecule has 2 N–H and O–H groups in total. The zero-order chi connectivity index (χ0) is 34.5. The summed E-state index contributed by atoms with van der Waals surface area (Å²) in [6.07, 6.45) is -0.217. The van der Waals surface area contributed by atoms with Crippen LogP contribution in [0, 0.1) is 6.92 Å². The Morgan fingerprint density at radius 2 is 1.84 bits per heavy atom. The highest BCUT2D eigenvalue weighted by atomic mass is 19.4. The maximum Gasteiger partial charge on any atom is 0.416 e. The molecule has 0 unspecified atom stereocenters. The van der Waals surface area contributed by atoms with Crippen LogP contribution in [0.4, 0.5) is 18.9 Å². The van der Waals surface area contributed by atoms with Crippen molar-refractivity contribution in [1.29, 1.82) is 0 Å². The number of amides is 2. The molecule has 3 aliphatic heterocycles. The van der Waals surface area contributed by atoms with Gasteiger partial charge in [0.15, 0.2) is 17.3 Å². The van der Waals surface area contributed by atoms with Gasteiger partial charge in [-0.05, 0) is 56.0 Å². The molecular formula is C32H31F3N8O6. The van der Waals surface area contributed by atoms with Crippen LogP contribution in [0.1, 0.15) is 58.1 Å². The van der Waals surface area contributed by atoms with E-state index < -0.39 is 34.7 Å². The average molecular weight is 681 g/mol. The second-order valence-corrected chi connectivity index (χ2v) is 12.1. The molecule has 17 heteroatoms. The third-order valence-corrected chi connectivity index (χ3v) is 9.14. The number of carbonyl (C=O) groups excluding carboxylic acids is 2. The Hall–Kier alpha value is -5.16. The van der Waals surface area contributed by atoms with E-state index in [1.165, 1.54) is 23.4 Å². The zero-order valence-corrected chi connectivity index (χ0v) is 26.3. The number of nitrogens with one attached hydrogen (secondary N) is 1. The molecule has 1 aromatic carbocycles. The molecule has 2 amide bonds. The van der Waals surface area contributed by atoms with E-state index in [1.54, 1.807) is 11.5 Å². The van der Waals surface area contributed by atoms with Crippen molar-refractivity contribution in [2.45, 2.75) is 50.9 Å². The van der Waals surface area contributed by atoms with Gasteiger partial charge in [0.25, 0.3) is 11.5 Å². The highest BCUT2D eigenvalue weighted by Gasteiger charge is 2.46. The first-order valence-electron chi connectivity index (χ1n) is 15.7. The molecule has 1 saturated heterocycles. The lowest BCUT2D eigenvalue weighted by Crippen LogP contribution is -2.52. The smallest absolute Gasteiger partial charge is 0.416 e. The number of nitrogens with zero attached hydrogens (tertiary/aromatic N) is 7. The third-order valence-electron chi connectivity index (χ3n) is 9.14. The van der Waals surface area contributed by atoms with Crippen LogP contribution in [0.5, 0.6) is 5.75 Å². The molecule has 256 valence electrons. The number of aromatic hydroxyl groups is 1. The first-order valence-corrected chi connectivity index (χ1v) is 15.7. The van der Waals surface area contributed by atoms with E-state index in [4.69, 9.17) is 9.47 Å². The number of piperidine rings is 1. The maximum atomic E-state index is 14.3. The fraction of sp³-hybridized carbons (Fsp3) is 0.406. The van der Waals surface area contributed by atoms with Crippen molar-refractivity contribution in [2.75, 3.05) is 38.2 Å². The van der Waals surface area contributed by atoms with Crippen LogP contribution in [0.2, 0.25) is 0 Å².